The van der Waals surface area contributed by atoms with Crippen LogP contribution in [0.15, 0.2) is 12.7 Å². The van der Waals surface area contributed by atoms with Crippen molar-refractivity contribution in [3.8, 4) is 0 Å². The molecule has 0 spiro atoms. The molecular weight excluding hydrogens is 284 g/mol. The first kappa shape index (κ1) is 19.1. The van der Waals surface area contributed by atoms with Crippen LogP contribution in [0.1, 0.15) is 40.5 Å². The third-order valence-electron chi connectivity index (χ3n) is 4.80. The van der Waals surface area contributed by atoms with Gasteiger partial charge in [-0.05, 0) is 25.2 Å². The van der Waals surface area contributed by atoms with Gasteiger partial charge in [0, 0.05) is 24.0 Å². The molecule has 0 saturated carbocycles. The Labute approximate surface area is 133 Å². The molecule has 1 saturated heterocycles. The van der Waals surface area contributed by atoms with E-state index in [0.717, 1.165) is 18.9 Å². The van der Waals surface area contributed by atoms with Crippen molar-refractivity contribution >= 4 is 5.97 Å². The van der Waals surface area contributed by atoms with E-state index >= 15 is 0 Å². The van der Waals surface area contributed by atoms with Gasteiger partial charge in [0.1, 0.15) is 12.9 Å². The number of hydrogen-bond donors (Lipinski definition) is 1. The Morgan fingerprint density at radius 2 is 2.05 bits per heavy atom. The van der Waals surface area contributed by atoms with Gasteiger partial charge in [0.15, 0.2) is 0 Å². The number of aliphatic hydroxyl groups excluding tert-OH is 1. The first-order valence-electron chi connectivity index (χ1n) is 7.89. The highest BCUT2D eigenvalue weighted by atomic mass is 16.7. The molecule has 1 heterocycles. The summed E-state index contributed by atoms with van der Waals surface area (Å²) >= 11 is 0. The summed E-state index contributed by atoms with van der Waals surface area (Å²) in [6, 6.07) is 0. The van der Waals surface area contributed by atoms with Crippen LogP contribution in [-0.4, -0.2) is 43.8 Å². The first-order chi connectivity index (χ1) is 10.3. The van der Waals surface area contributed by atoms with Crippen LogP contribution in [0.5, 0.6) is 0 Å². The van der Waals surface area contributed by atoms with Gasteiger partial charge >= 0.3 is 5.97 Å². The Morgan fingerprint density at radius 3 is 2.50 bits per heavy atom. The zero-order chi connectivity index (χ0) is 16.8. The molecule has 0 aromatic carbocycles. The lowest BCUT2D eigenvalue weighted by Crippen LogP contribution is -2.45. The van der Waals surface area contributed by atoms with Crippen LogP contribution < -0.4 is 0 Å². The van der Waals surface area contributed by atoms with Gasteiger partial charge in [-0.1, -0.05) is 27.4 Å². The Hall–Kier alpha value is -0.910. The van der Waals surface area contributed by atoms with E-state index in [2.05, 4.69) is 27.4 Å². The summed E-state index contributed by atoms with van der Waals surface area (Å²) in [5.74, 6) is -0.627. The predicted octanol–water partition coefficient (Wildman–Crippen LogP) is 2.53. The minimum Gasteiger partial charge on any atom is -0.459 e. The topological polar surface area (TPSA) is 65.0 Å². The number of esters is 1. The minimum atomic E-state index is -0.462. The van der Waals surface area contributed by atoms with E-state index in [9.17, 15) is 9.90 Å². The van der Waals surface area contributed by atoms with Gasteiger partial charge < -0.3 is 19.3 Å². The third kappa shape index (κ3) is 4.80. The number of rotatable bonds is 8. The molecule has 0 aliphatic carbocycles. The number of ether oxygens (including phenoxy) is 3. The largest absolute Gasteiger partial charge is 0.459 e. The highest BCUT2D eigenvalue weighted by molar-refractivity contribution is 5.81. The van der Waals surface area contributed by atoms with E-state index in [1.807, 2.05) is 6.92 Å². The number of carbonyl (C=O) groups is 1. The number of aliphatic hydroxyl groups is 1. The summed E-state index contributed by atoms with van der Waals surface area (Å²) < 4.78 is 16.3. The van der Waals surface area contributed by atoms with Crippen molar-refractivity contribution in [1.29, 1.82) is 0 Å². The van der Waals surface area contributed by atoms with Crippen molar-refractivity contribution in [2.45, 2.75) is 46.6 Å². The van der Waals surface area contributed by atoms with Crippen LogP contribution in [0.25, 0.3) is 0 Å². The van der Waals surface area contributed by atoms with Crippen molar-refractivity contribution in [2.24, 2.45) is 16.7 Å². The normalized spacial score (nSPS) is 21.0. The van der Waals surface area contributed by atoms with E-state index in [4.69, 9.17) is 14.2 Å². The van der Waals surface area contributed by atoms with Crippen LogP contribution in [0.3, 0.4) is 0 Å². The monoisotopic (exact) mass is 314 g/mol. The smallest absolute Gasteiger partial charge is 0.330 e. The van der Waals surface area contributed by atoms with Gasteiger partial charge in [-0.3, -0.25) is 0 Å². The second kappa shape index (κ2) is 8.09. The van der Waals surface area contributed by atoms with Gasteiger partial charge in [-0.25, -0.2) is 4.79 Å². The lowest BCUT2D eigenvalue weighted by atomic mass is 9.65. The zero-order valence-corrected chi connectivity index (χ0v) is 14.3. The molecule has 2 atom stereocenters. The maximum atomic E-state index is 11.4. The summed E-state index contributed by atoms with van der Waals surface area (Å²) in [6.07, 6.45) is 2.53. The van der Waals surface area contributed by atoms with E-state index < -0.39 is 5.97 Å². The fraction of sp³-hybridized carbons (Fsp3) is 0.824. The molecule has 128 valence electrons. The van der Waals surface area contributed by atoms with Crippen molar-refractivity contribution < 1.29 is 24.1 Å². The lowest BCUT2D eigenvalue weighted by Gasteiger charge is -2.45. The predicted molar refractivity (Wildman–Crippen MR) is 84.2 cm³/mol. The highest BCUT2D eigenvalue weighted by Crippen LogP contribution is 2.44. The van der Waals surface area contributed by atoms with E-state index in [-0.39, 0.29) is 29.5 Å². The fourth-order valence-corrected chi connectivity index (χ4v) is 3.49. The molecule has 1 N–H and O–H groups in total. The molecule has 0 radical (unpaired) electrons. The molecule has 5 nitrogen and oxygen atoms in total. The molecule has 5 heteroatoms. The Bertz CT molecular complexity index is 371. The van der Waals surface area contributed by atoms with Crippen LogP contribution in [0, 0.1) is 16.7 Å². The van der Waals surface area contributed by atoms with Crippen LogP contribution in [-0.2, 0) is 19.0 Å². The van der Waals surface area contributed by atoms with Gasteiger partial charge in [-0.15, -0.1) is 0 Å². The van der Waals surface area contributed by atoms with Crippen molar-refractivity contribution in [1.82, 2.24) is 0 Å². The molecule has 0 aromatic heterocycles. The van der Waals surface area contributed by atoms with Gasteiger partial charge in [0.2, 0.25) is 0 Å². The molecular formula is C17H30O5. The summed E-state index contributed by atoms with van der Waals surface area (Å²) in [5, 5.41) is 9.82. The Kier molecular flexibility index (Phi) is 7.03. The fourth-order valence-electron chi connectivity index (χ4n) is 3.49. The maximum absolute atomic E-state index is 11.4. The second-order valence-corrected chi connectivity index (χ2v) is 6.97. The van der Waals surface area contributed by atoms with Crippen LogP contribution >= 0.6 is 0 Å². The molecule has 1 rings (SSSR count). The first-order valence-corrected chi connectivity index (χ1v) is 7.89. The SMILES string of the molecule is C=CC(=O)OC(C)C(CO)C(C)(C)CC1(CC)COCOC1. The molecule has 1 aliphatic heterocycles. The molecule has 2 unspecified atom stereocenters. The molecule has 22 heavy (non-hydrogen) atoms. The summed E-state index contributed by atoms with van der Waals surface area (Å²) in [6.45, 7) is 13.2. The second-order valence-electron chi connectivity index (χ2n) is 6.97. The van der Waals surface area contributed by atoms with Gasteiger partial charge in [0.25, 0.3) is 0 Å². The van der Waals surface area contributed by atoms with Gasteiger partial charge in [-0.2, -0.15) is 0 Å². The van der Waals surface area contributed by atoms with Crippen molar-refractivity contribution in [3.63, 3.8) is 0 Å². The average Bonchev–Trinajstić information content (AvgIpc) is 2.47. The van der Waals surface area contributed by atoms with E-state index in [1.54, 1.807) is 0 Å². The molecule has 1 fully saturated rings. The molecule has 1 aliphatic rings. The van der Waals surface area contributed by atoms with Crippen LogP contribution in [0.4, 0.5) is 0 Å². The third-order valence-corrected chi connectivity index (χ3v) is 4.80. The van der Waals surface area contributed by atoms with Crippen molar-refractivity contribution in [3.05, 3.63) is 12.7 Å². The summed E-state index contributed by atoms with van der Waals surface area (Å²) in [7, 11) is 0. The summed E-state index contributed by atoms with van der Waals surface area (Å²) in [4.78, 5) is 11.4. The molecule has 0 amide bonds. The number of carbonyl (C=O) groups excluding carboxylic acids is 1. The van der Waals surface area contributed by atoms with E-state index in [0.29, 0.717) is 20.0 Å². The average molecular weight is 314 g/mol. The van der Waals surface area contributed by atoms with E-state index in [1.165, 1.54) is 0 Å². The number of hydrogen-bond acceptors (Lipinski definition) is 5. The zero-order valence-electron chi connectivity index (χ0n) is 14.3. The standard InChI is InChI=1S/C17H30O5/c1-6-15(19)22-13(3)14(8-18)16(4,5)9-17(7-2)10-20-12-21-11-17/h6,13-14,18H,1,7-12H2,2-5H3. The molecule has 0 bridgehead atoms. The molecule has 0 aromatic rings. The minimum absolute atomic E-state index is 0.0416. The maximum Gasteiger partial charge on any atom is 0.330 e. The lowest BCUT2D eigenvalue weighted by molar-refractivity contribution is -0.182. The van der Waals surface area contributed by atoms with Gasteiger partial charge in [0.05, 0.1) is 13.2 Å². The Morgan fingerprint density at radius 1 is 1.45 bits per heavy atom. The Balaban J connectivity index is 2.83. The van der Waals surface area contributed by atoms with Crippen molar-refractivity contribution in [2.75, 3.05) is 26.6 Å². The highest BCUT2D eigenvalue weighted by Gasteiger charge is 2.43. The quantitative estimate of drug-likeness (QED) is 0.551. The van der Waals surface area contributed by atoms with Crippen LogP contribution in [0.2, 0.25) is 0 Å². The summed E-state index contributed by atoms with van der Waals surface area (Å²) in [5.41, 5.74) is -0.285.